The van der Waals surface area contributed by atoms with Crippen molar-refractivity contribution >= 4 is 54.6 Å². The summed E-state index contributed by atoms with van der Waals surface area (Å²) in [6, 6.07) is 4.96. The number of rotatable bonds is 3. The molecule has 1 N–H and O–H groups in total. The summed E-state index contributed by atoms with van der Waals surface area (Å²) >= 11 is 10.3. The Bertz CT molecular complexity index is 685. The fourth-order valence-corrected chi connectivity index (χ4v) is 4.09. The minimum absolute atomic E-state index is 0.173. The van der Waals surface area contributed by atoms with E-state index in [0.29, 0.717) is 20.2 Å². The van der Waals surface area contributed by atoms with Gasteiger partial charge in [-0.25, -0.2) is 13.4 Å². The summed E-state index contributed by atoms with van der Waals surface area (Å²) in [4.78, 5) is 3.93. The number of halogens is 2. The fourth-order valence-electron chi connectivity index (χ4n) is 1.24. The van der Waals surface area contributed by atoms with Crippen molar-refractivity contribution in [3.05, 3.63) is 38.9 Å². The van der Waals surface area contributed by atoms with E-state index in [1.807, 2.05) is 0 Å². The number of aryl methyl sites for hydroxylation is 1. The predicted octanol–water partition coefficient (Wildman–Crippen LogP) is 3.67. The number of hydrogen-bond acceptors (Lipinski definition) is 4. The molecule has 0 radical (unpaired) electrons. The van der Waals surface area contributed by atoms with Gasteiger partial charge < -0.3 is 0 Å². The number of hydrogen-bond donors (Lipinski definition) is 1. The number of thiazole rings is 1. The Morgan fingerprint density at radius 1 is 1.44 bits per heavy atom. The second kappa shape index (κ2) is 5.16. The molecule has 0 amide bonds. The molecule has 0 atom stereocenters. The molecular weight excluding hydrogens is 360 g/mol. The molecule has 0 bridgehead atoms. The normalized spacial score (nSPS) is 11.5. The molecule has 4 nitrogen and oxygen atoms in total. The van der Waals surface area contributed by atoms with Crippen molar-refractivity contribution in [3.63, 3.8) is 0 Å². The predicted molar refractivity (Wildman–Crippen MR) is 76.8 cm³/mol. The Morgan fingerprint density at radius 3 is 2.78 bits per heavy atom. The first-order valence-corrected chi connectivity index (χ1v) is 8.26. The summed E-state index contributed by atoms with van der Waals surface area (Å²) in [7, 11) is -3.61. The Kier molecular flexibility index (Phi) is 3.96. The van der Waals surface area contributed by atoms with E-state index in [9.17, 15) is 8.42 Å². The van der Waals surface area contributed by atoms with Crippen LogP contribution in [0.15, 0.2) is 33.1 Å². The van der Waals surface area contributed by atoms with E-state index in [-0.39, 0.29) is 4.21 Å². The average molecular weight is 368 g/mol. The van der Waals surface area contributed by atoms with Crippen molar-refractivity contribution in [2.24, 2.45) is 0 Å². The molecule has 96 valence electrons. The third-order valence-electron chi connectivity index (χ3n) is 2.06. The third kappa shape index (κ3) is 2.85. The second-order valence-electron chi connectivity index (χ2n) is 3.41. The Labute approximate surface area is 122 Å². The van der Waals surface area contributed by atoms with Gasteiger partial charge in [0.05, 0.1) is 26.4 Å². The van der Waals surface area contributed by atoms with E-state index >= 15 is 0 Å². The summed E-state index contributed by atoms with van der Waals surface area (Å²) in [6.07, 6.45) is 1.33. The maximum absolute atomic E-state index is 12.1. The van der Waals surface area contributed by atoms with Crippen molar-refractivity contribution in [2.75, 3.05) is 4.72 Å². The number of anilines is 1. The molecule has 8 heteroatoms. The largest absolute Gasteiger partial charge is 0.278 e. The molecular formula is C10H8BrClN2O2S2. The molecule has 0 spiro atoms. The van der Waals surface area contributed by atoms with Crippen LogP contribution >= 0.6 is 38.9 Å². The molecule has 0 aliphatic heterocycles. The van der Waals surface area contributed by atoms with Gasteiger partial charge in [-0.2, -0.15) is 0 Å². The molecule has 0 saturated carbocycles. The van der Waals surface area contributed by atoms with Gasteiger partial charge in [-0.15, -0.1) is 11.3 Å². The second-order valence-corrected chi connectivity index (χ2v) is 7.75. The molecule has 0 saturated heterocycles. The first-order valence-electron chi connectivity index (χ1n) is 4.79. The number of nitrogens with one attached hydrogen (secondary N) is 1. The van der Waals surface area contributed by atoms with Crippen LogP contribution in [0, 0.1) is 6.92 Å². The van der Waals surface area contributed by atoms with Crippen molar-refractivity contribution in [3.8, 4) is 0 Å². The molecule has 1 heterocycles. The highest BCUT2D eigenvalue weighted by Crippen LogP contribution is 2.32. The smallest absolute Gasteiger partial charge is 0.273 e. The maximum Gasteiger partial charge on any atom is 0.273 e. The lowest BCUT2D eigenvalue weighted by Gasteiger charge is -2.08. The van der Waals surface area contributed by atoms with Crippen LogP contribution in [0.25, 0.3) is 0 Å². The van der Waals surface area contributed by atoms with E-state index < -0.39 is 10.0 Å². The molecule has 0 aliphatic carbocycles. The Hall–Kier alpha value is -0.630. The van der Waals surface area contributed by atoms with Crippen LogP contribution in [-0.4, -0.2) is 13.4 Å². The quantitative estimate of drug-likeness (QED) is 0.900. The lowest BCUT2D eigenvalue weighted by Crippen LogP contribution is -2.11. The Balaban J connectivity index is 2.37. The maximum atomic E-state index is 12.1. The van der Waals surface area contributed by atoms with Gasteiger partial charge in [-0.1, -0.05) is 17.7 Å². The third-order valence-corrected chi connectivity index (χ3v) is 6.20. The van der Waals surface area contributed by atoms with Crippen LogP contribution in [0.3, 0.4) is 0 Å². The number of nitrogens with zero attached hydrogens (tertiary/aromatic N) is 1. The van der Waals surface area contributed by atoms with Crippen LogP contribution in [0.4, 0.5) is 5.69 Å². The molecule has 0 unspecified atom stereocenters. The number of benzene rings is 1. The fraction of sp³-hybridized carbons (Fsp3) is 0.100. The summed E-state index contributed by atoms with van der Waals surface area (Å²) in [5.41, 5.74) is 0.397. The molecule has 1 aromatic carbocycles. The SMILES string of the molecule is Cc1ncc(S(=O)(=O)Nc2cccc(Cl)c2Br)s1. The van der Waals surface area contributed by atoms with Gasteiger partial charge in [-0.3, -0.25) is 4.72 Å². The van der Waals surface area contributed by atoms with E-state index in [1.165, 1.54) is 6.20 Å². The lowest BCUT2D eigenvalue weighted by atomic mass is 10.3. The molecule has 2 rings (SSSR count). The van der Waals surface area contributed by atoms with Gasteiger partial charge in [0.25, 0.3) is 10.0 Å². The van der Waals surface area contributed by atoms with Gasteiger partial charge in [0.2, 0.25) is 0 Å². The van der Waals surface area contributed by atoms with E-state index in [1.54, 1.807) is 25.1 Å². The van der Waals surface area contributed by atoms with Crippen molar-refractivity contribution in [1.82, 2.24) is 4.98 Å². The zero-order valence-corrected chi connectivity index (χ0v) is 13.1. The summed E-state index contributed by atoms with van der Waals surface area (Å²) in [5, 5.41) is 1.14. The van der Waals surface area contributed by atoms with Crippen LogP contribution < -0.4 is 4.72 Å². The number of aromatic nitrogens is 1. The molecule has 2 aromatic rings. The highest BCUT2D eigenvalue weighted by molar-refractivity contribution is 9.10. The lowest BCUT2D eigenvalue weighted by molar-refractivity contribution is 0.603. The van der Waals surface area contributed by atoms with Gasteiger partial charge in [0.1, 0.15) is 0 Å². The van der Waals surface area contributed by atoms with Gasteiger partial charge in [-0.05, 0) is 35.0 Å². The summed E-state index contributed by atoms with van der Waals surface area (Å²) in [6.45, 7) is 1.75. The summed E-state index contributed by atoms with van der Waals surface area (Å²) in [5.74, 6) is 0. The zero-order chi connectivity index (χ0) is 13.3. The standard InChI is InChI=1S/C10H8BrClN2O2S2/c1-6-13-5-9(17-6)18(15,16)14-8-4-2-3-7(12)10(8)11/h2-5,14H,1H3. The van der Waals surface area contributed by atoms with Crippen LogP contribution in [-0.2, 0) is 10.0 Å². The van der Waals surface area contributed by atoms with Crippen molar-refractivity contribution < 1.29 is 8.42 Å². The first-order chi connectivity index (χ1) is 8.40. The monoisotopic (exact) mass is 366 g/mol. The topological polar surface area (TPSA) is 59.1 Å². The molecule has 18 heavy (non-hydrogen) atoms. The highest BCUT2D eigenvalue weighted by atomic mass is 79.9. The van der Waals surface area contributed by atoms with Crippen LogP contribution in [0.2, 0.25) is 5.02 Å². The average Bonchev–Trinajstić information content (AvgIpc) is 2.72. The van der Waals surface area contributed by atoms with Crippen LogP contribution in [0.1, 0.15) is 5.01 Å². The molecule has 1 aromatic heterocycles. The Morgan fingerprint density at radius 2 is 2.17 bits per heavy atom. The number of sulfonamides is 1. The van der Waals surface area contributed by atoms with E-state index in [2.05, 4.69) is 25.6 Å². The molecule has 0 aliphatic rings. The van der Waals surface area contributed by atoms with Crippen LogP contribution in [0.5, 0.6) is 0 Å². The highest BCUT2D eigenvalue weighted by Gasteiger charge is 2.18. The van der Waals surface area contributed by atoms with Gasteiger partial charge in [0, 0.05) is 0 Å². The van der Waals surface area contributed by atoms with E-state index in [0.717, 1.165) is 11.3 Å². The van der Waals surface area contributed by atoms with E-state index in [4.69, 9.17) is 11.6 Å². The van der Waals surface area contributed by atoms with Gasteiger partial charge >= 0.3 is 0 Å². The minimum Gasteiger partial charge on any atom is -0.278 e. The zero-order valence-electron chi connectivity index (χ0n) is 9.15. The minimum atomic E-state index is -3.61. The molecule has 0 fully saturated rings. The van der Waals surface area contributed by atoms with Gasteiger partial charge in [0.15, 0.2) is 4.21 Å². The van der Waals surface area contributed by atoms with Crippen molar-refractivity contribution in [1.29, 1.82) is 0 Å². The summed E-state index contributed by atoms with van der Waals surface area (Å²) < 4.78 is 27.3. The van der Waals surface area contributed by atoms with Crippen molar-refractivity contribution in [2.45, 2.75) is 11.1 Å². The first kappa shape index (κ1) is 13.8.